The van der Waals surface area contributed by atoms with E-state index in [-0.39, 0.29) is 5.91 Å². The van der Waals surface area contributed by atoms with E-state index in [9.17, 15) is 4.79 Å². The summed E-state index contributed by atoms with van der Waals surface area (Å²) in [5.74, 6) is 1.62. The predicted molar refractivity (Wildman–Crippen MR) is 106 cm³/mol. The first-order valence-corrected chi connectivity index (χ1v) is 8.68. The zero-order valence-electron chi connectivity index (χ0n) is 15.7. The van der Waals surface area contributed by atoms with Gasteiger partial charge in [-0.3, -0.25) is 4.79 Å². The Labute approximate surface area is 158 Å². The molecule has 0 spiro atoms. The molecule has 27 heavy (non-hydrogen) atoms. The maximum Gasteiger partial charge on any atom is 0.224 e. The SMILES string of the molecule is COc1cc(CNC(=O)Cc2cccc3ccccc23)cc(OC)c1OC. The molecule has 3 rings (SSSR count). The highest BCUT2D eigenvalue weighted by Crippen LogP contribution is 2.38. The number of hydrogen-bond donors (Lipinski definition) is 1. The molecular formula is C22H23NO4. The third-order valence-corrected chi connectivity index (χ3v) is 4.45. The molecule has 0 bridgehead atoms. The van der Waals surface area contributed by atoms with Crippen molar-refractivity contribution >= 4 is 16.7 Å². The van der Waals surface area contributed by atoms with Crippen molar-refractivity contribution in [1.29, 1.82) is 0 Å². The highest BCUT2D eigenvalue weighted by Gasteiger charge is 2.14. The van der Waals surface area contributed by atoms with E-state index >= 15 is 0 Å². The molecule has 0 aromatic heterocycles. The first-order chi connectivity index (χ1) is 13.2. The standard InChI is InChI=1S/C22H23NO4/c1-25-19-11-15(12-20(26-2)22(19)27-3)14-23-21(24)13-17-9-6-8-16-7-4-5-10-18(16)17/h4-12H,13-14H2,1-3H3,(H,23,24). The third-order valence-electron chi connectivity index (χ3n) is 4.45. The van der Waals surface area contributed by atoms with Gasteiger partial charge in [0.15, 0.2) is 11.5 Å². The van der Waals surface area contributed by atoms with Gasteiger partial charge in [0.05, 0.1) is 27.8 Å². The average molecular weight is 365 g/mol. The number of nitrogens with one attached hydrogen (secondary N) is 1. The van der Waals surface area contributed by atoms with E-state index in [0.717, 1.165) is 21.9 Å². The summed E-state index contributed by atoms with van der Waals surface area (Å²) in [6.45, 7) is 0.375. The third kappa shape index (κ3) is 4.14. The Morgan fingerprint density at radius 2 is 1.56 bits per heavy atom. The van der Waals surface area contributed by atoms with Crippen LogP contribution in [0.15, 0.2) is 54.6 Å². The van der Waals surface area contributed by atoms with E-state index in [1.165, 1.54) is 0 Å². The van der Waals surface area contributed by atoms with Gasteiger partial charge in [-0.25, -0.2) is 0 Å². The number of benzene rings is 3. The number of carbonyl (C=O) groups excluding carboxylic acids is 1. The van der Waals surface area contributed by atoms with Crippen molar-refractivity contribution in [3.05, 3.63) is 65.7 Å². The number of rotatable bonds is 7. The molecule has 0 heterocycles. The molecule has 1 N–H and O–H groups in total. The Morgan fingerprint density at radius 3 is 2.22 bits per heavy atom. The number of carbonyl (C=O) groups is 1. The second-order valence-corrected chi connectivity index (χ2v) is 6.13. The van der Waals surface area contributed by atoms with Crippen LogP contribution in [0.25, 0.3) is 10.8 Å². The molecule has 0 atom stereocenters. The molecule has 0 saturated heterocycles. The van der Waals surface area contributed by atoms with Gasteiger partial charge in [-0.1, -0.05) is 42.5 Å². The van der Waals surface area contributed by atoms with Crippen LogP contribution >= 0.6 is 0 Å². The van der Waals surface area contributed by atoms with Gasteiger partial charge in [0.25, 0.3) is 0 Å². The topological polar surface area (TPSA) is 56.8 Å². The predicted octanol–water partition coefficient (Wildman–Crippen LogP) is 3.72. The second kappa shape index (κ2) is 8.45. The number of amides is 1. The molecule has 0 aliphatic rings. The summed E-state index contributed by atoms with van der Waals surface area (Å²) in [5, 5.41) is 5.19. The van der Waals surface area contributed by atoms with Gasteiger partial charge in [0, 0.05) is 6.54 Å². The summed E-state index contributed by atoms with van der Waals surface area (Å²) < 4.78 is 16.0. The van der Waals surface area contributed by atoms with E-state index in [2.05, 4.69) is 5.32 Å². The first-order valence-electron chi connectivity index (χ1n) is 8.68. The Hall–Kier alpha value is -3.21. The van der Waals surface area contributed by atoms with E-state index in [1.807, 2.05) is 54.6 Å². The summed E-state index contributed by atoms with van der Waals surface area (Å²) in [6.07, 6.45) is 0.325. The smallest absolute Gasteiger partial charge is 0.224 e. The van der Waals surface area contributed by atoms with Crippen LogP contribution in [0.5, 0.6) is 17.2 Å². The molecule has 140 valence electrons. The van der Waals surface area contributed by atoms with Crippen LogP contribution in [0, 0.1) is 0 Å². The maximum atomic E-state index is 12.5. The number of hydrogen-bond acceptors (Lipinski definition) is 4. The Balaban J connectivity index is 1.72. The monoisotopic (exact) mass is 365 g/mol. The quantitative estimate of drug-likeness (QED) is 0.693. The van der Waals surface area contributed by atoms with Crippen LogP contribution in [0.2, 0.25) is 0 Å². The lowest BCUT2D eigenvalue weighted by atomic mass is 10.0. The van der Waals surface area contributed by atoms with Crippen molar-refractivity contribution in [2.45, 2.75) is 13.0 Å². The molecular weight excluding hydrogens is 342 g/mol. The summed E-state index contributed by atoms with van der Waals surface area (Å²) in [4.78, 5) is 12.5. The minimum atomic E-state index is -0.0416. The summed E-state index contributed by atoms with van der Waals surface area (Å²) in [6, 6.07) is 17.7. The molecule has 5 heteroatoms. The average Bonchev–Trinajstić information content (AvgIpc) is 2.71. The fourth-order valence-corrected chi connectivity index (χ4v) is 3.12. The second-order valence-electron chi connectivity index (χ2n) is 6.13. The van der Waals surface area contributed by atoms with Crippen LogP contribution in [-0.2, 0) is 17.8 Å². The molecule has 3 aromatic rings. The molecule has 0 aliphatic carbocycles. The Bertz CT molecular complexity index is 922. The van der Waals surface area contributed by atoms with Crippen molar-refractivity contribution in [2.75, 3.05) is 21.3 Å². The first kappa shape index (κ1) is 18.6. The Kier molecular flexibility index (Phi) is 5.81. The summed E-state index contributed by atoms with van der Waals surface area (Å²) in [7, 11) is 4.70. The van der Waals surface area contributed by atoms with Gasteiger partial charge in [-0.15, -0.1) is 0 Å². The highest BCUT2D eigenvalue weighted by atomic mass is 16.5. The van der Waals surface area contributed by atoms with Gasteiger partial charge in [0.1, 0.15) is 0 Å². The maximum absolute atomic E-state index is 12.5. The van der Waals surface area contributed by atoms with Gasteiger partial charge >= 0.3 is 0 Å². The van der Waals surface area contributed by atoms with E-state index < -0.39 is 0 Å². The Morgan fingerprint density at radius 1 is 0.889 bits per heavy atom. The minimum absolute atomic E-state index is 0.0416. The van der Waals surface area contributed by atoms with Gasteiger partial charge < -0.3 is 19.5 Å². The van der Waals surface area contributed by atoms with Crippen LogP contribution in [0.3, 0.4) is 0 Å². The zero-order valence-corrected chi connectivity index (χ0v) is 15.7. The lowest BCUT2D eigenvalue weighted by Crippen LogP contribution is -2.24. The molecule has 1 amide bonds. The van der Waals surface area contributed by atoms with E-state index in [1.54, 1.807) is 21.3 Å². The lowest BCUT2D eigenvalue weighted by molar-refractivity contribution is -0.120. The summed E-state index contributed by atoms with van der Waals surface area (Å²) in [5.41, 5.74) is 1.88. The van der Waals surface area contributed by atoms with Crippen LogP contribution < -0.4 is 19.5 Å². The van der Waals surface area contributed by atoms with Crippen molar-refractivity contribution in [1.82, 2.24) is 5.32 Å². The summed E-state index contributed by atoms with van der Waals surface area (Å²) >= 11 is 0. The molecule has 0 fully saturated rings. The van der Waals surface area contributed by atoms with Crippen molar-refractivity contribution < 1.29 is 19.0 Å². The number of ether oxygens (including phenoxy) is 3. The normalized spacial score (nSPS) is 10.5. The van der Waals surface area contributed by atoms with Gasteiger partial charge in [-0.2, -0.15) is 0 Å². The molecule has 3 aromatic carbocycles. The van der Waals surface area contributed by atoms with Crippen LogP contribution in [0.4, 0.5) is 0 Å². The fourth-order valence-electron chi connectivity index (χ4n) is 3.12. The van der Waals surface area contributed by atoms with Crippen LogP contribution in [-0.4, -0.2) is 27.2 Å². The fraction of sp³-hybridized carbons (Fsp3) is 0.227. The number of fused-ring (bicyclic) bond motifs is 1. The van der Waals surface area contributed by atoms with Crippen LogP contribution in [0.1, 0.15) is 11.1 Å². The van der Waals surface area contributed by atoms with E-state index in [4.69, 9.17) is 14.2 Å². The van der Waals surface area contributed by atoms with Gasteiger partial charge in [0.2, 0.25) is 11.7 Å². The molecule has 0 radical (unpaired) electrons. The molecule has 0 aliphatic heterocycles. The molecule has 0 unspecified atom stereocenters. The van der Waals surface area contributed by atoms with Crippen molar-refractivity contribution in [3.63, 3.8) is 0 Å². The van der Waals surface area contributed by atoms with Gasteiger partial charge in [-0.05, 0) is 34.0 Å². The van der Waals surface area contributed by atoms with Crippen molar-refractivity contribution in [3.8, 4) is 17.2 Å². The largest absolute Gasteiger partial charge is 0.493 e. The molecule has 5 nitrogen and oxygen atoms in total. The number of methoxy groups -OCH3 is 3. The van der Waals surface area contributed by atoms with Crippen molar-refractivity contribution in [2.24, 2.45) is 0 Å². The highest BCUT2D eigenvalue weighted by molar-refractivity contribution is 5.90. The lowest BCUT2D eigenvalue weighted by Gasteiger charge is -2.14. The molecule has 0 saturated carbocycles. The van der Waals surface area contributed by atoms with E-state index in [0.29, 0.717) is 30.2 Å². The minimum Gasteiger partial charge on any atom is -0.493 e. The zero-order chi connectivity index (χ0) is 19.2.